The van der Waals surface area contributed by atoms with Crippen LogP contribution in [0.5, 0.6) is 0 Å². The van der Waals surface area contributed by atoms with E-state index < -0.39 is 0 Å². The maximum absolute atomic E-state index is 11.0. The van der Waals surface area contributed by atoms with Crippen LogP contribution < -0.4 is 0 Å². The van der Waals surface area contributed by atoms with Gasteiger partial charge in [0, 0.05) is 32.5 Å². The van der Waals surface area contributed by atoms with Crippen LogP contribution in [0.1, 0.15) is 25.7 Å². The Morgan fingerprint density at radius 3 is 2.80 bits per heavy atom. The first kappa shape index (κ1) is 11.0. The lowest BCUT2D eigenvalue weighted by molar-refractivity contribution is -0.142. The largest absolute Gasteiger partial charge is 0.355 e. The van der Waals surface area contributed by atoms with Gasteiger partial charge in [-0.15, -0.1) is 0 Å². The monoisotopic (exact) mass is 213 g/mol. The lowest BCUT2D eigenvalue weighted by Gasteiger charge is -2.29. The normalized spacial score (nSPS) is 29.3. The molecule has 0 aromatic carbocycles. The highest BCUT2D eigenvalue weighted by atomic mass is 16.7. The van der Waals surface area contributed by atoms with E-state index in [1.165, 1.54) is 0 Å². The van der Waals surface area contributed by atoms with Gasteiger partial charge in [-0.3, -0.25) is 4.79 Å². The van der Waals surface area contributed by atoms with E-state index in [1.54, 1.807) is 0 Å². The van der Waals surface area contributed by atoms with Crippen molar-refractivity contribution in [3.8, 4) is 0 Å². The molecule has 0 saturated carbocycles. The van der Waals surface area contributed by atoms with Gasteiger partial charge in [-0.1, -0.05) is 0 Å². The molecule has 0 radical (unpaired) electrons. The minimum Gasteiger partial charge on any atom is -0.355 e. The molecule has 86 valence electrons. The second-order valence-electron chi connectivity index (χ2n) is 4.27. The zero-order valence-electron chi connectivity index (χ0n) is 9.11. The zero-order valence-corrected chi connectivity index (χ0v) is 9.11. The molecule has 0 bridgehead atoms. The van der Waals surface area contributed by atoms with E-state index in [2.05, 4.69) is 4.90 Å². The third kappa shape index (κ3) is 3.55. The molecule has 2 fully saturated rings. The number of Topliss-reactive ketones (excluding diaryl/α,β-unsaturated/α-hetero) is 1. The lowest BCUT2D eigenvalue weighted by Crippen LogP contribution is -2.36. The van der Waals surface area contributed by atoms with Gasteiger partial charge in [-0.25, -0.2) is 0 Å². The highest BCUT2D eigenvalue weighted by Gasteiger charge is 2.19. The summed E-state index contributed by atoms with van der Waals surface area (Å²) in [5, 5.41) is 0. The molecule has 0 aliphatic carbocycles. The van der Waals surface area contributed by atoms with Crippen LogP contribution in [0.2, 0.25) is 0 Å². The molecule has 0 spiro atoms. The molecule has 2 heterocycles. The van der Waals surface area contributed by atoms with E-state index in [4.69, 9.17) is 9.47 Å². The molecule has 15 heavy (non-hydrogen) atoms. The summed E-state index contributed by atoms with van der Waals surface area (Å²) in [7, 11) is 0. The average molecular weight is 213 g/mol. The molecule has 0 aromatic rings. The van der Waals surface area contributed by atoms with Crippen LogP contribution in [0, 0.1) is 0 Å². The highest BCUT2D eigenvalue weighted by Crippen LogP contribution is 2.12. The van der Waals surface area contributed by atoms with Crippen LogP contribution in [0.4, 0.5) is 0 Å². The minimum atomic E-state index is 0.358. The van der Waals surface area contributed by atoms with E-state index in [1.807, 2.05) is 0 Å². The molecule has 0 amide bonds. The molecule has 2 saturated heterocycles. The third-order valence-electron chi connectivity index (χ3n) is 3.15. The summed E-state index contributed by atoms with van der Waals surface area (Å²) in [4.78, 5) is 13.4. The fraction of sp³-hybridized carbons (Fsp3) is 0.909. The molecule has 1 unspecified atom stereocenters. The Hall–Kier alpha value is -0.450. The number of ether oxygens (including phenoxy) is 2. The second kappa shape index (κ2) is 5.58. The van der Waals surface area contributed by atoms with Gasteiger partial charge in [0.1, 0.15) is 12.6 Å². The van der Waals surface area contributed by atoms with E-state index >= 15 is 0 Å². The maximum Gasteiger partial charge on any atom is 0.147 e. The van der Waals surface area contributed by atoms with Crippen molar-refractivity contribution in [3.63, 3.8) is 0 Å². The summed E-state index contributed by atoms with van der Waals surface area (Å²) in [6.07, 6.45) is 3.89. The quantitative estimate of drug-likeness (QED) is 0.695. The fourth-order valence-corrected chi connectivity index (χ4v) is 2.08. The summed E-state index contributed by atoms with van der Waals surface area (Å²) in [5.41, 5.74) is 0. The summed E-state index contributed by atoms with van der Waals surface area (Å²) in [6, 6.07) is 0. The number of hydrogen-bond acceptors (Lipinski definition) is 4. The SMILES string of the molecule is O=C1CCN(CCC2CCOCO2)CC1. The van der Waals surface area contributed by atoms with Crippen LogP contribution in [0.3, 0.4) is 0 Å². The average Bonchev–Trinajstić information content (AvgIpc) is 2.30. The van der Waals surface area contributed by atoms with Crippen LogP contribution in [-0.4, -0.2) is 49.8 Å². The maximum atomic E-state index is 11.0. The fourth-order valence-electron chi connectivity index (χ4n) is 2.08. The molecule has 4 nitrogen and oxygen atoms in total. The van der Waals surface area contributed by atoms with Gasteiger partial charge in [0.2, 0.25) is 0 Å². The predicted octanol–water partition coefficient (Wildman–Crippen LogP) is 0.804. The van der Waals surface area contributed by atoms with Crippen molar-refractivity contribution in [2.24, 2.45) is 0 Å². The topological polar surface area (TPSA) is 38.8 Å². The minimum absolute atomic E-state index is 0.358. The Labute approximate surface area is 90.5 Å². The Bertz CT molecular complexity index is 204. The van der Waals surface area contributed by atoms with Crippen molar-refractivity contribution >= 4 is 5.78 Å². The van der Waals surface area contributed by atoms with Crippen LogP contribution in [-0.2, 0) is 14.3 Å². The highest BCUT2D eigenvalue weighted by molar-refractivity contribution is 5.79. The van der Waals surface area contributed by atoms with E-state index in [0.717, 1.165) is 51.9 Å². The molecule has 2 aliphatic rings. The summed E-state index contributed by atoms with van der Waals surface area (Å²) in [5.74, 6) is 0.411. The number of carbonyl (C=O) groups excluding carboxylic acids is 1. The van der Waals surface area contributed by atoms with E-state index in [9.17, 15) is 4.79 Å². The predicted molar refractivity (Wildman–Crippen MR) is 55.6 cm³/mol. The number of nitrogens with zero attached hydrogens (tertiary/aromatic N) is 1. The van der Waals surface area contributed by atoms with Gasteiger partial charge < -0.3 is 14.4 Å². The smallest absolute Gasteiger partial charge is 0.147 e. The first-order valence-electron chi connectivity index (χ1n) is 5.78. The van der Waals surface area contributed by atoms with Crippen molar-refractivity contribution in [1.29, 1.82) is 0 Å². The van der Waals surface area contributed by atoms with Crippen molar-refractivity contribution in [2.45, 2.75) is 31.8 Å². The molecule has 1 atom stereocenters. The molecule has 4 heteroatoms. The van der Waals surface area contributed by atoms with E-state index in [-0.39, 0.29) is 0 Å². The molecular weight excluding hydrogens is 194 g/mol. The lowest BCUT2D eigenvalue weighted by atomic mass is 10.1. The van der Waals surface area contributed by atoms with Gasteiger partial charge in [0.15, 0.2) is 0 Å². The second-order valence-corrected chi connectivity index (χ2v) is 4.27. The van der Waals surface area contributed by atoms with Gasteiger partial charge in [0.25, 0.3) is 0 Å². The number of hydrogen-bond donors (Lipinski definition) is 0. The summed E-state index contributed by atoms with van der Waals surface area (Å²) < 4.78 is 10.6. The Balaban J connectivity index is 1.62. The molecule has 0 N–H and O–H groups in total. The standard InChI is InChI=1S/C11H19NO3/c13-10-1-5-12(6-2-10)7-3-11-4-8-14-9-15-11/h11H,1-9H2. The number of carbonyl (C=O) groups is 1. The number of ketones is 1. The van der Waals surface area contributed by atoms with Crippen molar-refractivity contribution in [3.05, 3.63) is 0 Å². The van der Waals surface area contributed by atoms with Crippen molar-refractivity contribution in [1.82, 2.24) is 4.90 Å². The van der Waals surface area contributed by atoms with Gasteiger partial charge in [0.05, 0.1) is 12.7 Å². The Morgan fingerprint density at radius 2 is 2.13 bits per heavy atom. The first-order valence-corrected chi connectivity index (χ1v) is 5.78. The number of rotatable bonds is 3. The van der Waals surface area contributed by atoms with Crippen LogP contribution in [0.15, 0.2) is 0 Å². The number of likely N-dealkylation sites (tertiary alicyclic amines) is 1. The molecule has 2 rings (SSSR count). The van der Waals surface area contributed by atoms with Gasteiger partial charge in [-0.05, 0) is 12.8 Å². The zero-order chi connectivity index (χ0) is 10.5. The summed E-state index contributed by atoms with van der Waals surface area (Å²) >= 11 is 0. The third-order valence-corrected chi connectivity index (χ3v) is 3.15. The summed E-state index contributed by atoms with van der Waals surface area (Å²) in [6.45, 7) is 4.19. The van der Waals surface area contributed by atoms with Crippen LogP contribution >= 0.6 is 0 Å². The van der Waals surface area contributed by atoms with Gasteiger partial charge in [-0.2, -0.15) is 0 Å². The Morgan fingerprint density at radius 1 is 1.33 bits per heavy atom. The Kier molecular flexibility index (Phi) is 4.11. The van der Waals surface area contributed by atoms with Crippen molar-refractivity contribution < 1.29 is 14.3 Å². The van der Waals surface area contributed by atoms with Gasteiger partial charge >= 0.3 is 0 Å². The molecule has 2 aliphatic heterocycles. The van der Waals surface area contributed by atoms with Crippen molar-refractivity contribution in [2.75, 3.05) is 33.0 Å². The number of piperidine rings is 1. The van der Waals surface area contributed by atoms with Crippen LogP contribution in [0.25, 0.3) is 0 Å². The van der Waals surface area contributed by atoms with E-state index in [0.29, 0.717) is 18.7 Å². The first-order chi connectivity index (χ1) is 7.34. The molecular formula is C11H19NO3. The molecule has 0 aromatic heterocycles.